The van der Waals surface area contributed by atoms with Crippen LogP contribution in [0.1, 0.15) is 0 Å². The second kappa shape index (κ2) is 15.3. The summed E-state index contributed by atoms with van der Waals surface area (Å²) in [5.41, 5.74) is 17.8. The molecule has 63 heavy (non-hydrogen) atoms. The Balaban J connectivity index is 1.10. The highest BCUT2D eigenvalue weighted by atomic mass is 16.3. The van der Waals surface area contributed by atoms with Gasteiger partial charge in [0.2, 0.25) is 0 Å². The number of para-hydroxylation sites is 3. The van der Waals surface area contributed by atoms with Crippen molar-refractivity contribution in [1.82, 2.24) is 4.57 Å². The van der Waals surface area contributed by atoms with Crippen molar-refractivity contribution in [3.63, 3.8) is 0 Å². The predicted molar refractivity (Wildman–Crippen MR) is 264 cm³/mol. The van der Waals surface area contributed by atoms with Crippen LogP contribution in [0.4, 0.5) is 17.1 Å². The van der Waals surface area contributed by atoms with Crippen LogP contribution >= 0.6 is 0 Å². The zero-order valence-corrected chi connectivity index (χ0v) is 34.4. The molecule has 3 nitrogen and oxygen atoms in total. The minimum atomic E-state index is 0.866. The Labute approximate surface area is 366 Å². The van der Waals surface area contributed by atoms with Gasteiger partial charge in [-0.25, -0.2) is 0 Å². The summed E-state index contributed by atoms with van der Waals surface area (Å²) in [7, 11) is 0. The molecule has 0 bridgehead atoms. The molecule has 296 valence electrons. The van der Waals surface area contributed by atoms with Crippen LogP contribution in [0.15, 0.2) is 247 Å². The van der Waals surface area contributed by atoms with Crippen molar-refractivity contribution in [2.24, 2.45) is 0 Å². The average Bonchev–Trinajstić information content (AvgIpc) is 3.91. The molecule has 0 unspecified atom stereocenters. The number of rotatable bonds is 8. The summed E-state index contributed by atoms with van der Waals surface area (Å²) in [6, 6.07) is 87.2. The van der Waals surface area contributed by atoms with E-state index >= 15 is 0 Å². The lowest BCUT2D eigenvalue weighted by Gasteiger charge is -2.30. The molecule has 0 saturated heterocycles. The zero-order valence-electron chi connectivity index (χ0n) is 34.4. The van der Waals surface area contributed by atoms with Gasteiger partial charge in [-0.05, 0) is 106 Å². The molecule has 0 aliphatic heterocycles. The van der Waals surface area contributed by atoms with Crippen molar-refractivity contribution < 1.29 is 4.42 Å². The highest BCUT2D eigenvalue weighted by Crippen LogP contribution is 2.49. The second-order valence-corrected chi connectivity index (χ2v) is 16.0. The van der Waals surface area contributed by atoms with Gasteiger partial charge >= 0.3 is 0 Å². The van der Waals surface area contributed by atoms with Crippen LogP contribution in [0.2, 0.25) is 0 Å². The molecular formula is C60H40N2O. The van der Waals surface area contributed by atoms with Crippen molar-refractivity contribution in [2.45, 2.75) is 0 Å². The van der Waals surface area contributed by atoms with Crippen molar-refractivity contribution in [1.29, 1.82) is 0 Å². The number of hydrogen-bond donors (Lipinski definition) is 0. The van der Waals surface area contributed by atoms with Crippen LogP contribution in [0.25, 0.3) is 93.9 Å². The number of hydrogen-bond acceptors (Lipinski definition) is 2. The SMILES string of the molecule is c1ccc(-c2ccccc2-c2c(-c3ccccc3)cccc2N(c2ccc(-c3cccc4c3c3ccccc3n4-c3ccccc3)cc2)c2ccc3oc4ccccc4c3c2)cc1. The first kappa shape index (κ1) is 36.5. The van der Waals surface area contributed by atoms with Crippen LogP contribution in [0.5, 0.6) is 0 Å². The van der Waals surface area contributed by atoms with E-state index in [0.29, 0.717) is 0 Å². The van der Waals surface area contributed by atoms with Gasteiger partial charge in [0.1, 0.15) is 11.2 Å². The molecule has 0 N–H and O–H groups in total. The molecule has 3 heteroatoms. The Bertz CT molecular complexity index is 3600. The third-order valence-electron chi connectivity index (χ3n) is 12.4. The highest BCUT2D eigenvalue weighted by molar-refractivity contribution is 6.16. The zero-order chi connectivity index (χ0) is 41.7. The van der Waals surface area contributed by atoms with Gasteiger partial charge in [0.15, 0.2) is 0 Å². The maximum Gasteiger partial charge on any atom is 0.135 e. The van der Waals surface area contributed by atoms with E-state index in [9.17, 15) is 0 Å². The average molecular weight is 805 g/mol. The predicted octanol–water partition coefficient (Wildman–Crippen LogP) is 16.8. The summed E-state index contributed by atoms with van der Waals surface area (Å²) in [4.78, 5) is 2.43. The third-order valence-corrected chi connectivity index (χ3v) is 12.4. The molecule has 0 atom stereocenters. The number of benzene rings is 10. The smallest absolute Gasteiger partial charge is 0.135 e. The van der Waals surface area contributed by atoms with Crippen LogP contribution < -0.4 is 4.90 Å². The summed E-state index contributed by atoms with van der Waals surface area (Å²) in [5.74, 6) is 0. The fourth-order valence-electron chi connectivity index (χ4n) is 9.62. The van der Waals surface area contributed by atoms with E-state index in [1.54, 1.807) is 0 Å². The van der Waals surface area contributed by atoms with E-state index in [-0.39, 0.29) is 0 Å². The molecule has 2 aromatic heterocycles. The molecule has 12 aromatic rings. The quantitative estimate of drug-likeness (QED) is 0.153. The van der Waals surface area contributed by atoms with E-state index in [1.165, 1.54) is 38.5 Å². The van der Waals surface area contributed by atoms with E-state index in [2.05, 4.69) is 240 Å². The van der Waals surface area contributed by atoms with Gasteiger partial charge in [0.25, 0.3) is 0 Å². The number of anilines is 3. The minimum Gasteiger partial charge on any atom is -0.456 e. The Hall–Kier alpha value is -8.40. The maximum atomic E-state index is 6.37. The summed E-state index contributed by atoms with van der Waals surface area (Å²) in [6.45, 7) is 0. The molecule has 0 saturated carbocycles. The first-order valence-corrected chi connectivity index (χ1v) is 21.5. The summed E-state index contributed by atoms with van der Waals surface area (Å²) in [6.07, 6.45) is 0. The Morgan fingerprint density at radius 2 is 0.873 bits per heavy atom. The molecule has 0 aliphatic rings. The van der Waals surface area contributed by atoms with Crippen molar-refractivity contribution in [3.8, 4) is 50.2 Å². The summed E-state index contributed by atoms with van der Waals surface area (Å²) >= 11 is 0. The third kappa shape index (κ3) is 6.21. The van der Waals surface area contributed by atoms with Crippen molar-refractivity contribution in [3.05, 3.63) is 243 Å². The Morgan fingerprint density at radius 1 is 0.333 bits per heavy atom. The van der Waals surface area contributed by atoms with E-state index in [0.717, 1.165) is 72.5 Å². The molecule has 0 radical (unpaired) electrons. The van der Waals surface area contributed by atoms with Crippen LogP contribution in [0, 0.1) is 0 Å². The van der Waals surface area contributed by atoms with Gasteiger partial charge in [0.05, 0.1) is 16.7 Å². The van der Waals surface area contributed by atoms with Gasteiger partial charge in [-0.3, -0.25) is 0 Å². The van der Waals surface area contributed by atoms with Crippen LogP contribution in [-0.4, -0.2) is 4.57 Å². The van der Waals surface area contributed by atoms with Gasteiger partial charge in [0, 0.05) is 44.2 Å². The molecular weight excluding hydrogens is 765 g/mol. The molecule has 2 heterocycles. The monoisotopic (exact) mass is 804 g/mol. The van der Waals surface area contributed by atoms with Crippen molar-refractivity contribution in [2.75, 3.05) is 4.90 Å². The highest BCUT2D eigenvalue weighted by Gasteiger charge is 2.24. The first-order chi connectivity index (χ1) is 31.3. The standard InChI is InChI=1S/C60H40N2O/c1-4-18-41(19-5-1)47-24-10-11-26-51(47)59-48(42-20-6-2-7-21-42)28-16-31-55(59)61(46-38-39-58-53(40-46)50-25-13-15-33-57(50)63-58)45-36-34-43(35-37-45)49-29-17-32-56-60(49)52-27-12-14-30-54(52)62(56)44-22-8-3-9-23-44/h1-40H. The van der Waals surface area contributed by atoms with Crippen molar-refractivity contribution >= 4 is 60.8 Å². The molecule has 0 aliphatic carbocycles. The molecule has 0 fully saturated rings. The van der Waals surface area contributed by atoms with Crippen LogP contribution in [-0.2, 0) is 0 Å². The fourth-order valence-corrected chi connectivity index (χ4v) is 9.62. The number of furan rings is 1. The summed E-state index contributed by atoms with van der Waals surface area (Å²) in [5, 5.41) is 4.66. The van der Waals surface area contributed by atoms with E-state index in [1.807, 2.05) is 12.1 Å². The molecule has 0 spiro atoms. The van der Waals surface area contributed by atoms with Crippen LogP contribution in [0.3, 0.4) is 0 Å². The molecule has 10 aromatic carbocycles. The summed E-state index contributed by atoms with van der Waals surface area (Å²) < 4.78 is 8.76. The molecule has 0 amide bonds. The first-order valence-electron chi connectivity index (χ1n) is 21.5. The largest absolute Gasteiger partial charge is 0.456 e. The lowest BCUT2D eigenvalue weighted by Crippen LogP contribution is -2.12. The molecule has 12 rings (SSSR count). The van der Waals surface area contributed by atoms with Gasteiger partial charge in [-0.1, -0.05) is 176 Å². The Kier molecular flexibility index (Phi) is 8.83. The van der Waals surface area contributed by atoms with Gasteiger partial charge < -0.3 is 13.9 Å². The topological polar surface area (TPSA) is 21.3 Å². The van der Waals surface area contributed by atoms with Gasteiger partial charge in [-0.2, -0.15) is 0 Å². The number of nitrogens with zero attached hydrogens (tertiary/aromatic N) is 2. The normalized spacial score (nSPS) is 11.5. The minimum absolute atomic E-state index is 0.866. The van der Waals surface area contributed by atoms with E-state index < -0.39 is 0 Å². The lowest BCUT2D eigenvalue weighted by molar-refractivity contribution is 0.669. The van der Waals surface area contributed by atoms with Gasteiger partial charge in [-0.15, -0.1) is 0 Å². The second-order valence-electron chi connectivity index (χ2n) is 16.0. The Morgan fingerprint density at radius 3 is 1.65 bits per heavy atom. The number of fused-ring (bicyclic) bond motifs is 6. The number of aromatic nitrogens is 1. The fraction of sp³-hybridized carbons (Fsp3) is 0. The maximum absolute atomic E-state index is 6.37. The lowest BCUT2D eigenvalue weighted by atomic mass is 9.87. The van der Waals surface area contributed by atoms with E-state index in [4.69, 9.17) is 4.42 Å².